The molecule has 0 saturated heterocycles. The number of nitriles is 1. The van der Waals surface area contributed by atoms with Crippen LogP contribution in [0.25, 0.3) is 0 Å². The predicted octanol–water partition coefficient (Wildman–Crippen LogP) is 5.41. The van der Waals surface area contributed by atoms with E-state index in [1.807, 2.05) is 36.4 Å². The fourth-order valence-electron chi connectivity index (χ4n) is 3.36. The Hall–Kier alpha value is -3.28. The number of rotatable bonds is 5. The Morgan fingerprint density at radius 1 is 1.03 bits per heavy atom. The highest BCUT2D eigenvalue weighted by molar-refractivity contribution is 9.10. The number of fused-ring (bicyclic) bond motifs is 1. The van der Waals surface area contributed by atoms with E-state index < -0.39 is 11.9 Å². The molecule has 0 aromatic heterocycles. The lowest BCUT2D eigenvalue weighted by Crippen LogP contribution is -2.22. The van der Waals surface area contributed by atoms with Crippen molar-refractivity contribution in [2.75, 3.05) is 6.61 Å². The highest BCUT2D eigenvalue weighted by Gasteiger charge is 2.32. The maximum Gasteiger partial charge on any atom is 0.349 e. The number of ether oxygens (including phenoxy) is 3. The molecule has 0 amide bonds. The van der Waals surface area contributed by atoms with Crippen LogP contribution in [0.5, 0.6) is 17.2 Å². The van der Waals surface area contributed by atoms with E-state index >= 15 is 0 Å². The first kappa shape index (κ1) is 21.9. The van der Waals surface area contributed by atoms with Gasteiger partial charge in [-0.05, 0) is 42.0 Å². The summed E-state index contributed by atoms with van der Waals surface area (Å²) in [6.07, 6.45) is 0. The molecular formula is C24H16Br2N2O4. The summed E-state index contributed by atoms with van der Waals surface area (Å²) in [5.41, 5.74) is 7.98. The van der Waals surface area contributed by atoms with Crippen molar-refractivity contribution in [3.8, 4) is 23.3 Å². The molecular weight excluding hydrogens is 540 g/mol. The summed E-state index contributed by atoms with van der Waals surface area (Å²) in [5.74, 6) is 0.297. The number of hydrogen-bond acceptors (Lipinski definition) is 6. The molecule has 32 heavy (non-hydrogen) atoms. The van der Waals surface area contributed by atoms with Gasteiger partial charge in [0.05, 0.1) is 5.92 Å². The van der Waals surface area contributed by atoms with Gasteiger partial charge in [-0.3, -0.25) is 0 Å². The van der Waals surface area contributed by atoms with E-state index in [1.54, 1.807) is 30.3 Å². The highest BCUT2D eigenvalue weighted by Crippen LogP contribution is 2.45. The summed E-state index contributed by atoms with van der Waals surface area (Å²) < 4.78 is 18.3. The minimum atomic E-state index is -0.563. The maximum absolute atomic E-state index is 12.2. The monoisotopic (exact) mass is 554 g/mol. The molecule has 160 valence electrons. The number of hydrogen-bond donors (Lipinski definition) is 1. The summed E-state index contributed by atoms with van der Waals surface area (Å²) in [4.78, 5) is 12.2. The Bertz CT molecular complexity index is 1250. The lowest BCUT2D eigenvalue weighted by atomic mass is 9.83. The molecule has 0 spiro atoms. The number of nitrogens with two attached hydrogens (primary N) is 1. The fourth-order valence-corrected chi connectivity index (χ4v) is 4.14. The van der Waals surface area contributed by atoms with Crippen LogP contribution >= 0.6 is 31.9 Å². The molecule has 2 N–H and O–H groups in total. The minimum absolute atomic E-state index is 0.0165. The summed E-state index contributed by atoms with van der Waals surface area (Å²) >= 11 is 6.89. The first-order valence-corrected chi connectivity index (χ1v) is 11.1. The lowest BCUT2D eigenvalue weighted by Gasteiger charge is -2.27. The van der Waals surface area contributed by atoms with Crippen LogP contribution < -0.4 is 19.9 Å². The summed E-state index contributed by atoms with van der Waals surface area (Å²) in [6.45, 7) is -0.250. The van der Waals surface area contributed by atoms with E-state index in [1.165, 1.54) is 0 Å². The van der Waals surface area contributed by atoms with Gasteiger partial charge >= 0.3 is 5.97 Å². The summed E-state index contributed by atoms with van der Waals surface area (Å²) in [7, 11) is 0. The Balaban J connectivity index is 1.55. The zero-order valence-corrected chi connectivity index (χ0v) is 19.7. The van der Waals surface area contributed by atoms with Gasteiger partial charge in [-0.2, -0.15) is 5.26 Å². The first-order chi connectivity index (χ1) is 15.5. The van der Waals surface area contributed by atoms with Crippen LogP contribution in [0.15, 0.2) is 87.1 Å². The van der Waals surface area contributed by atoms with Crippen LogP contribution in [0.4, 0.5) is 0 Å². The lowest BCUT2D eigenvalue weighted by molar-refractivity contribution is -0.136. The molecule has 0 saturated carbocycles. The molecule has 3 aromatic rings. The smallest absolute Gasteiger partial charge is 0.349 e. The van der Waals surface area contributed by atoms with Gasteiger partial charge in [0.2, 0.25) is 5.88 Å². The quantitative estimate of drug-likeness (QED) is 0.334. The van der Waals surface area contributed by atoms with E-state index in [9.17, 15) is 10.1 Å². The fraction of sp³-hybridized carbons (Fsp3) is 0.0833. The average molecular weight is 556 g/mol. The van der Waals surface area contributed by atoms with E-state index in [0.717, 1.165) is 20.1 Å². The normalized spacial score (nSPS) is 14.7. The van der Waals surface area contributed by atoms with Crippen molar-refractivity contribution in [2.24, 2.45) is 5.73 Å². The molecule has 0 radical (unpaired) electrons. The third-order valence-corrected chi connectivity index (χ3v) is 6.06. The van der Waals surface area contributed by atoms with Crippen molar-refractivity contribution in [1.82, 2.24) is 0 Å². The third-order valence-electron chi connectivity index (χ3n) is 4.81. The van der Waals surface area contributed by atoms with E-state index in [4.69, 9.17) is 19.9 Å². The minimum Gasteiger partial charge on any atom is -0.482 e. The van der Waals surface area contributed by atoms with Gasteiger partial charge < -0.3 is 19.9 Å². The van der Waals surface area contributed by atoms with Crippen molar-refractivity contribution >= 4 is 37.8 Å². The van der Waals surface area contributed by atoms with E-state index in [-0.39, 0.29) is 18.2 Å². The topological polar surface area (TPSA) is 94.6 Å². The van der Waals surface area contributed by atoms with Crippen LogP contribution in [0.1, 0.15) is 17.0 Å². The van der Waals surface area contributed by atoms with Gasteiger partial charge in [-0.25, -0.2) is 4.79 Å². The molecule has 1 unspecified atom stereocenters. The van der Waals surface area contributed by atoms with Crippen LogP contribution in [0.2, 0.25) is 0 Å². The number of carbonyl (C=O) groups excluding carboxylic acids is 1. The van der Waals surface area contributed by atoms with Gasteiger partial charge in [0, 0.05) is 20.6 Å². The van der Waals surface area contributed by atoms with Crippen molar-refractivity contribution in [1.29, 1.82) is 5.26 Å². The second-order valence-electron chi connectivity index (χ2n) is 6.86. The summed E-state index contributed by atoms with van der Waals surface area (Å²) in [5, 5.41) is 9.68. The molecule has 8 heteroatoms. The Morgan fingerprint density at radius 2 is 1.75 bits per heavy atom. The van der Waals surface area contributed by atoms with E-state index in [2.05, 4.69) is 37.9 Å². The predicted molar refractivity (Wildman–Crippen MR) is 125 cm³/mol. The average Bonchev–Trinajstić information content (AvgIpc) is 2.78. The number of carbonyl (C=O) groups is 1. The maximum atomic E-state index is 12.2. The van der Waals surface area contributed by atoms with Crippen molar-refractivity contribution in [2.45, 2.75) is 5.92 Å². The van der Waals surface area contributed by atoms with Crippen molar-refractivity contribution < 1.29 is 19.0 Å². The standard InChI is InChI=1S/C24H16Br2N2O4/c25-14-5-7-15(8-6-14)30-13-22(29)31-16-9-10-18-21(11-16)32-24(28)19(12-27)23(18)17-3-1-2-4-20(17)26/h1-11,23H,13,28H2. The molecule has 4 rings (SSSR count). The molecule has 3 aromatic carbocycles. The molecule has 0 bridgehead atoms. The highest BCUT2D eigenvalue weighted by atomic mass is 79.9. The Labute approximate surface area is 201 Å². The largest absolute Gasteiger partial charge is 0.482 e. The molecule has 1 aliphatic rings. The first-order valence-electron chi connectivity index (χ1n) is 9.51. The van der Waals surface area contributed by atoms with Crippen LogP contribution in [-0.4, -0.2) is 12.6 Å². The molecule has 0 fully saturated rings. The van der Waals surface area contributed by atoms with Crippen LogP contribution in [0.3, 0.4) is 0 Å². The molecule has 1 atom stereocenters. The second-order valence-corrected chi connectivity index (χ2v) is 8.63. The number of esters is 1. The van der Waals surface area contributed by atoms with Crippen molar-refractivity contribution in [3.05, 3.63) is 98.3 Å². The zero-order valence-electron chi connectivity index (χ0n) is 16.5. The van der Waals surface area contributed by atoms with Gasteiger partial charge in [0.25, 0.3) is 0 Å². The molecule has 1 aliphatic heterocycles. The van der Waals surface area contributed by atoms with E-state index in [0.29, 0.717) is 17.1 Å². The third kappa shape index (κ3) is 4.64. The summed E-state index contributed by atoms with van der Waals surface area (Å²) in [6, 6.07) is 21.9. The van der Waals surface area contributed by atoms with Crippen molar-refractivity contribution in [3.63, 3.8) is 0 Å². The zero-order chi connectivity index (χ0) is 22.7. The number of nitrogens with zero attached hydrogens (tertiary/aromatic N) is 1. The SMILES string of the molecule is N#CC1=C(N)Oc2cc(OC(=O)COc3ccc(Br)cc3)ccc2C1c1ccccc1Br. The van der Waals surface area contributed by atoms with Gasteiger partial charge in [-0.15, -0.1) is 0 Å². The Kier molecular flexibility index (Phi) is 6.49. The van der Waals surface area contributed by atoms with Gasteiger partial charge in [0.15, 0.2) is 6.61 Å². The van der Waals surface area contributed by atoms with Crippen LogP contribution in [0, 0.1) is 11.3 Å². The van der Waals surface area contributed by atoms with Gasteiger partial charge in [-0.1, -0.05) is 56.1 Å². The molecule has 0 aliphatic carbocycles. The molecule has 6 nitrogen and oxygen atoms in total. The number of allylic oxidation sites excluding steroid dienone is 1. The van der Waals surface area contributed by atoms with Gasteiger partial charge in [0.1, 0.15) is 28.9 Å². The van der Waals surface area contributed by atoms with Crippen LogP contribution in [-0.2, 0) is 4.79 Å². The number of benzene rings is 3. The Morgan fingerprint density at radius 3 is 2.47 bits per heavy atom. The number of halogens is 2. The molecule has 1 heterocycles. The second kappa shape index (κ2) is 9.47.